The van der Waals surface area contributed by atoms with Crippen LogP contribution in [0.4, 0.5) is 5.69 Å². The Balaban J connectivity index is 1.81. The van der Waals surface area contributed by atoms with Gasteiger partial charge in [0.25, 0.3) is 11.6 Å². The van der Waals surface area contributed by atoms with E-state index in [-0.39, 0.29) is 40.7 Å². The summed E-state index contributed by atoms with van der Waals surface area (Å²) < 4.78 is 0. The number of carbonyl (C=O) groups is 2. The maximum atomic E-state index is 13.2. The molecule has 0 aromatic heterocycles. The Morgan fingerprint density at radius 2 is 1.97 bits per heavy atom. The van der Waals surface area contributed by atoms with Crippen molar-refractivity contribution in [2.45, 2.75) is 33.2 Å². The molecular formula is C23H26ClN3O4. The molecule has 0 N–H and O–H groups in total. The maximum absolute atomic E-state index is 13.2. The minimum atomic E-state index is -0.564. The summed E-state index contributed by atoms with van der Waals surface area (Å²) in [4.78, 5) is 40.0. The summed E-state index contributed by atoms with van der Waals surface area (Å²) in [6, 6.07) is 11.8. The van der Waals surface area contributed by atoms with Crippen LogP contribution in [0, 0.1) is 16.0 Å². The summed E-state index contributed by atoms with van der Waals surface area (Å²) in [5.74, 6) is -0.408. The molecule has 0 saturated carbocycles. The number of non-ortho nitro benzene ring substituents is 1. The van der Waals surface area contributed by atoms with Crippen LogP contribution in [-0.4, -0.2) is 46.2 Å². The molecule has 0 spiro atoms. The number of hydrogen-bond acceptors (Lipinski definition) is 4. The highest BCUT2D eigenvalue weighted by Crippen LogP contribution is 2.29. The number of carbonyl (C=O) groups excluding carboxylic acids is 2. The quantitative estimate of drug-likeness (QED) is 0.486. The van der Waals surface area contributed by atoms with Crippen LogP contribution in [-0.2, 0) is 11.2 Å². The Hall–Kier alpha value is -2.93. The molecule has 0 aliphatic carbocycles. The van der Waals surface area contributed by atoms with Crippen molar-refractivity contribution in [1.29, 1.82) is 0 Å². The molecule has 3 rings (SSSR count). The van der Waals surface area contributed by atoms with Gasteiger partial charge in [-0.25, -0.2) is 0 Å². The molecule has 7 nitrogen and oxygen atoms in total. The number of benzene rings is 2. The lowest BCUT2D eigenvalue weighted by molar-refractivity contribution is -0.384. The van der Waals surface area contributed by atoms with E-state index in [1.54, 1.807) is 4.90 Å². The molecule has 1 unspecified atom stereocenters. The Bertz CT molecular complexity index is 1010. The summed E-state index contributed by atoms with van der Waals surface area (Å²) in [5.41, 5.74) is 2.33. The van der Waals surface area contributed by atoms with Gasteiger partial charge in [0.2, 0.25) is 5.91 Å². The first kappa shape index (κ1) is 22.7. The molecule has 2 aromatic rings. The second kappa shape index (κ2) is 9.47. The Labute approximate surface area is 186 Å². The molecule has 31 heavy (non-hydrogen) atoms. The van der Waals surface area contributed by atoms with Crippen LogP contribution in [0.15, 0.2) is 42.5 Å². The van der Waals surface area contributed by atoms with Crippen LogP contribution in [0.3, 0.4) is 0 Å². The van der Waals surface area contributed by atoms with E-state index in [4.69, 9.17) is 11.6 Å². The van der Waals surface area contributed by atoms with Gasteiger partial charge in [0.05, 0.1) is 21.6 Å². The first-order chi connectivity index (χ1) is 14.7. The Morgan fingerprint density at radius 1 is 1.26 bits per heavy atom. The van der Waals surface area contributed by atoms with Crippen molar-refractivity contribution in [2.24, 2.45) is 5.92 Å². The first-order valence-corrected chi connectivity index (χ1v) is 10.7. The number of amides is 2. The lowest BCUT2D eigenvalue weighted by Crippen LogP contribution is -2.47. The van der Waals surface area contributed by atoms with Gasteiger partial charge in [-0.3, -0.25) is 19.7 Å². The zero-order valence-corrected chi connectivity index (χ0v) is 18.6. The molecule has 8 heteroatoms. The van der Waals surface area contributed by atoms with Crippen molar-refractivity contribution < 1.29 is 14.5 Å². The third-order valence-electron chi connectivity index (χ3n) is 5.51. The van der Waals surface area contributed by atoms with E-state index in [1.807, 2.05) is 39.0 Å². The molecule has 2 aromatic carbocycles. The fourth-order valence-electron chi connectivity index (χ4n) is 3.99. The normalized spacial score (nSPS) is 15.5. The number of rotatable bonds is 6. The molecular weight excluding hydrogens is 418 g/mol. The number of nitro groups is 1. The second-order valence-electron chi connectivity index (χ2n) is 8.21. The van der Waals surface area contributed by atoms with E-state index in [2.05, 4.69) is 6.07 Å². The van der Waals surface area contributed by atoms with Gasteiger partial charge in [-0.2, -0.15) is 0 Å². The van der Waals surface area contributed by atoms with Crippen LogP contribution in [0.25, 0.3) is 0 Å². The number of hydrogen-bond donors (Lipinski definition) is 0. The predicted octanol–water partition coefficient (Wildman–Crippen LogP) is 4.49. The van der Waals surface area contributed by atoms with Gasteiger partial charge in [0, 0.05) is 25.2 Å². The van der Waals surface area contributed by atoms with Crippen LogP contribution < -0.4 is 0 Å². The first-order valence-electron chi connectivity index (χ1n) is 10.3. The fraction of sp³-hybridized carbons (Fsp3) is 0.391. The third-order valence-corrected chi connectivity index (χ3v) is 5.82. The van der Waals surface area contributed by atoms with Crippen molar-refractivity contribution in [3.63, 3.8) is 0 Å². The highest BCUT2D eigenvalue weighted by Gasteiger charge is 2.30. The van der Waals surface area contributed by atoms with Crippen molar-refractivity contribution in [2.75, 3.05) is 19.6 Å². The lowest BCUT2D eigenvalue weighted by atomic mass is 9.93. The van der Waals surface area contributed by atoms with E-state index in [0.29, 0.717) is 13.1 Å². The van der Waals surface area contributed by atoms with Gasteiger partial charge in [0.15, 0.2) is 0 Å². The molecule has 0 radical (unpaired) electrons. The topological polar surface area (TPSA) is 83.8 Å². The third kappa shape index (κ3) is 5.05. The lowest BCUT2D eigenvalue weighted by Gasteiger charge is -2.37. The molecule has 1 aliphatic heterocycles. The minimum Gasteiger partial charge on any atom is -0.334 e. The molecule has 0 fully saturated rings. The summed E-state index contributed by atoms with van der Waals surface area (Å²) >= 11 is 6.17. The van der Waals surface area contributed by atoms with E-state index in [9.17, 15) is 19.7 Å². The van der Waals surface area contributed by atoms with Gasteiger partial charge in [-0.05, 0) is 36.5 Å². The fourth-order valence-corrected chi connectivity index (χ4v) is 4.24. The molecule has 0 bridgehead atoms. The zero-order chi connectivity index (χ0) is 22.7. The minimum absolute atomic E-state index is 0.000623. The van der Waals surface area contributed by atoms with Crippen molar-refractivity contribution in [1.82, 2.24) is 9.80 Å². The van der Waals surface area contributed by atoms with Gasteiger partial charge in [-0.1, -0.05) is 49.7 Å². The van der Waals surface area contributed by atoms with Crippen molar-refractivity contribution in [3.8, 4) is 0 Å². The largest absolute Gasteiger partial charge is 0.334 e. The van der Waals surface area contributed by atoms with Crippen LogP contribution >= 0.6 is 11.6 Å². The summed E-state index contributed by atoms with van der Waals surface area (Å²) in [6.07, 6.45) is 0.776. The SMILES string of the molecule is CC(C)CN(CC(=O)N1CCc2ccccc2C1C)C(=O)c1ccc([N+](=O)[O-])cc1Cl. The molecule has 1 atom stereocenters. The number of nitrogens with zero attached hydrogens (tertiary/aromatic N) is 3. The summed E-state index contributed by atoms with van der Waals surface area (Å²) in [5, 5.41) is 11.0. The molecule has 0 saturated heterocycles. The molecule has 2 amide bonds. The monoisotopic (exact) mass is 443 g/mol. The predicted molar refractivity (Wildman–Crippen MR) is 119 cm³/mol. The average molecular weight is 444 g/mol. The average Bonchev–Trinajstić information content (AvgIpc) is 2.72. The standard InChI is InChI=1S/C23H26ClN3O4/c1-15(2)13-25(23(29)20-9-8-18(27(30)31)12-21(20)24)14-22(28)26-11-10-17-6-4-5-7-19(17)16(26)3/h4-9,12,15-16H,10-11,13-14H2,1-3H3. The van der Waals surface area contributed by atoms with Gasteiger partial charge in [0.1, 0.15) is 6.54 Å². The van der Waals surface area contributed by atoms with Crippen LogP contribution in [0.5, 0.6) is 0 Å². The number of fused-ring (bicyclic) bond motifs is 1. The van der Waals surface area contributed by atoms with Crippen molar-refractivity contribution in [3.05, 3.63) is 74.3 Å². The van der Waals surface area contributed by atoms with Gasteiger partial charge < -0.3 is 9.80 Å². The molecule has 1 heterocycles. The van der Waals surface area contributed by atoms with E-state index in [0.717, 1.165) is 18.1 Å². The number of halogens is 1. The van der Waals surface area contributed by atoms with E-state index in [1.165, 1.54) is 22.6 Å². The maximum Gasteiger partial charge on any atom is 0.270 e. The van der Waals surface area contributed by atoms with Crippen molar-refractivity contribution >= 4 is 29.1 Å². The molecule has 1 aliphatic rings. The van der Waals surface area contributed by atoms with Gasteiger partial charge in [-0.15, -0.1) is 0 Å². The van der Waals surface area contributed by atoms with E-state index < -0.39 is 10.8 Å². The van der Waals surface area contributed by atoms with Gasteiger partial charge >= 0.3 is 0 Å². The Kier molecular flexibility index (Phi) is 6.95. The highest BCUT2D eigenvalue weighted by molar-refractivity contribution is 6.34. The summed E-state index contributed by atoms with van der Waals surface area (Å²) in [6.45, 7) is 6.81. The number of nitro benzene ring substituents is 1. The molecule has 164 valence electrons. The highest BCUT2D eigenvalue weighted by atomic mass is 35.5. The Morgan fingerprint density at radius 3 is 2.61 bits per heavy atom. The second-order valence-corrected chi connectivity index (χ2v) is 8.62. The van der Waals surface area contributed by atoms with Crippen LogP contribution in [0.2, 0.25) is 5.02 Å². The van der Waals surface area contributed by atoms with Crippen LogP contribution in [0.1, 0.15) is 48.3 Å². The van der Waals surface area contributed by atoms with E-state index >= 15 is 0 Å². The smallest absolute Gasteiger partial charge is 0.270 e. The zero-order valence-electron chi connectivity index (χ0n) is 17.9. The summed E-state index contributed by atoms with van der Waals surface area (Å²) in [7, 11) is 0.